The number of nitrogens with zero attached hydrogens (tertiary/aromatic N) is 1. The number of hydrogen-bond acceptors (Lipinski definition) is 4. The summed E-state index contributed by atoms with van der Waals surface area (Å²) in [6.45, 7) is 5.66. The van der Waals surface area contributed by atoms with E-state index in [1.165, 1.54) is 24.5 Å². The Morgan fingerprint density at radius 3 is 2.03 bits per heavy atom. The number of rotatable bonds is 6. The van der Waals surface area contributed by atoms with Crippen LogP contribution in [-0.2, 0) is 0 Å². The van der Waals surface area contributed by atoms with E-state index in [-0.39, 0.29) is 17.4 Å². The molecule has 0 aromatic heterocycles. The summed E-state index contributed by atoms with van der Waals surface area (Å²) >= 11 is 0. The minimum atomic E-state index is -4.80. The van der Waals surface area contributed by atoms with Crippen LogP contribution >= 0.6 is 0 Å². The highest BCUT2D eigenvalue weighted by molar-refractivity contribution is 5.96. The van der Waals surface area contributed by atoms with Gasteiger partial charge in [-0.05, 0) is 57.2 Å². The molecule has 3 aromatic rings. The van der Waals surface area contributed by atoms with Gasteiger partial charge in [0, 0.05) is 11.6 Å². The van der Waals surface area contributed by atoms with Gasteiger partial charge < -0.3 is 14.2 Å². The van der Waals surface area contributed by atoms with Gasteiger partial charge in [-0.3, -0.25) is 0 Å². The number of halogens is 3. The van der Waals surface area contributed by atoms with E-state index in [1.54, 1.807) is 6.92 Å². The van der Waals surface area contributed by atoms with E-state index in [1.807, 2.05) is 62.4 Å². The van der Waals surface area contributed by atoms with Gasteiger partial charge in [0.15, 0.2) is 0 Å². The van der Waals surface area contributed by atoms with Crippen LogP contribution in [0, 0.1) is 13.8 Å². The minimum absolute atomic E-state index is 0.140. The molecule has 7 heteroatoms. The Labute approximate surface area is 184 Å². The molecule has 32 heavy (non-hydrogen) atoms. The first-order chi connectivity index (χ1) is 15.2. The Morgan fingerprint density at radius 2 is 1.41 bits per heavy atom. The zero-order chi connectivity index (χ0) is 23.1. The zero-order valence-corrected chi connectivity index (χ0v) is 17.8. The Balaban J connectivity index is 1.88. The number of aliphatic imine (C=N–C) groups is 1. The Morgan fingerprint density at radius 1 is 0.812 bits per heavy atom. The van der Waals surface area contributed by atoms with Crippen molar-refractivity contribution in [1.82, 2.24) is 0 Å². The van der Waals surface area contributed by atoms with E-state index in [2.05, 4.69) is 9.73 Å². The number of ether oxygens (including phenoxy) is 3. The molecule has 166 valence electrons. The van der Waals surface area contributed by atoms with Gasteiger partial charge in [0.2, 0.25) is 5.90 Å². The number of hydrogen-bond donors (Lipinski definition) is 0. The first kappa shape index (κ1) is 22.9. The highest BCUT2D eigenvalue weighted by Crippen LogP contribution is 2.27. The van der Waals surface area contributed by atoms with Gasteiger partial charge in [-0.15, -0.1) is 13.2 Å². The second kappa shape index (κ2) is 10.0. The smallest absolute Gasteiger partial charge is 0.465 e. The average Bonchev–Trinajstić information content (AvgIpc) is 2.73. The fourth-order valence-electron chi connectivity index (χ4n) is 2.60. The van der Waals surface area contributed by atoms with Crippen molar-refractivity contribution < 1.29 is 27.4 Å². The minimum Gasteiger partial charge on any atom is -0.465 e. The van der Waals surface area contributed by atoms with E-state index >= 15 is 0 Å². The maximum Gasteiger partial charge on any atom is 0.573 e. The maximum atomic E-state index is 12.6. The summed E-state index contributed by atoms with van der Waals surface area (Å²) in [7, 11) is 0. The van der Waals surface area contributed by atoms with Crippen molar-refractivity contribution in [1.29, 1.82) is 0 Å². The summed E-state index contributed by atoms with van der Waals surface area (Å²) in [4.78, 5) is 4.51. The van der Waals surface area contributed by atoms with Crippen LogP contribution in [-0.4, -0.2) is 12.3 Å². The maximum absolute atomic E-state index is 12.6. The third-order valence-electron chi connectivity index (χ3n) is 4.25. The monoisotopic (exact) mass is 441 g/mol. The van der Waals surface area contributed by atoms with E-state index in [9.17, 15) is 13.2 Å². The molecule has 3 rings (SSSR count). The Bertz CT molecular complexity index is 1100. The first-order valence-electron chi connectivity index (χ1n) is 9.77. The van der Waals surface area contributed by atoms with E-state index in [0.29, 0.717) is 17.0 Å². The highest BCUT2D eigenvalue weighted by Gasteiger charge is 2.31. The summed E-state index contributed by atoms with van der Waals surface area (Å²) in [5, 5.41) is 0. The van der Waals surface area contributed by atoms with Crippen LogP contribution in [0.4, 0.5) is 18.9 Å². The zero-order valence-electron chi connectivity index (χ0n) is 17.8. The molecule has 0 aliphatic rings. The lowest BCUT2D eigenvalue weighted by atomic mass is 10.2. The molecule has 0 amide bonds. The van der Waals surface area contributed by atoms with E-state index in [4.69, 9.17) is 9.47 Å². The molecule has 4 nitrogen and oxygen atoms in total. The van der Waals surface area contributed by atoms with E-state index < -0.39 is 6.36 Å². The fraction of sp³-hybridized carbons (Fsp3) is 0.160. The van der Waals surface area contributed by atoms with Gasteiger partial charge in [-0.1, -0.05) is 41.5 Å². The average molecular weight is 441 g/mol. The summed E-state index contributed by atoms with van der Waals surface area (Å²) in [6, 6.07) is 20.2. The number of benzene rings is 3. The number of alkyl halides is 3. The van der Waals surface area contributed by atoms with Crippen molar-refractivity contribution >= 4 is 11.6 Å². The Kier molecular flexibility index (Phi) is 7.20. The quantitative estimate of drug-likeness (QED) is 0.229. The third kappa shape index (κ3) is 7.19. The van der Waals surface area contributed by atoms with Crippen LogP contribution in [0.3, 0.4) is 0 Å². The molecule has 0 saturated heterocycles. The molecule has 3 aromatic carbocycles. The fourth-order valence-corrected chi connectivity index (χ4v) is 2.60. The highest BCUT2D eigenvalue weighted by atomic mass is 19.4. The van der Waals surface area contributed by atoms with Gasteiger partial charge in [-0.25, -0.2) is 4.99 Å². The topological polar surface area (TPSA) is 40.0 Å². The molecule has 0 bridgehead atoms. The predicted molar refractivity (Wildman–Crippen MR) is 118 cm³/mol. The molecular formula is C25H22F3NO3. The van der Waals surface area contributed by atoms with Crippen LogP contribution < -0.4 is 14.2 Å². The van der Waals surface area contributed by atoms with E-state index in [0.717, 1.165) is 17.2 Å². The van der Waals surface area contributed by atoms with Crippen LogP contribution in [0.25, 0.3) is 0 Å². The summed E-state index contributed by atoms with van der Waals surface area (Å²) < 4.78 is 53.2. The molecular weight excluding hydrogens is 419 g/mol. The molecule has 0 atom stereocenters. The first-order valence-corrected chi connectivity index (χ1v) is 9.77. The summed E-state index contributed by atoms with van der Waals surface area (Å²) in [5.74, 6) is 0.554. The lowest BCUT2D eigenvalue weighted by molar-refractivity contribution is -0.274. The van der Waals surface area contributed by atoms with Gasteiger partial charge in [0.05, 0.1) is 11.9 Å². The molecule has 0 fully saturated rings. The van der Waals surface area contributed by atoms with Crippen LogP contribution in [0.5, 0.6) is 17.2 Å². The SMILES string of the molecule is CC(=C\Oc1ccc(C)cc1)/C(=N/c1ccc(C)cc1)Oc1cccc(OC(F)(F)F)c1. The van der Waals surface area contributed by atoms with Gasteiger partial charge >= 0.3 is 6.36 Å². The van der Waals surface area contributed by atoms with Gasteiger partial charge in [0.25, 0.3) is 0 Å². The summed E-state index contributed by atoms with van der Waals surface area (Å²) in [5.41, 5.74) is 3.33. The molecule has 0 heterocycles. The Hall–Kier alpha value is -3.74. The molecule has 0 N–H and O–H groups in total. The second-order valence-electron chi connectivity index (χ2n) is 7.11. The number of aryl methyl sites for hydroxylation is 2. The van der Waals surface area contributed by atoms with Gasteiger partial charge in [0.1, 0.15) is 17.2 Å². The lowest BCUT2D eigenvalue weighted by Gasteiger charge is -2.13. The molecule has 0 aliphatic heterocycles. The normalized spacial score (nSPS) is 12.4. The largest absolute Gasteiger partial charge is 0.573 e. The second-order valence-corrected chi connectivity index (χ2v) is 7.11. The van der Waals surface area contributed by atoms with Crippen molar-refractivity contribution in [3.63, 3.8) is 0 Å². The molecule has 0 saturated carbocycles. The standard InChI is InChI=1S/C25H22F3NO3/c1-17-7-11-20(12-8-17)29-24(19(3)16-30-21-13-9-18(2)10-14-21)31-22-5-4-6-23(15-22)32-25(26,27)28/h4-16H,1-3H3/b19-16+,29-24-. The van der Waals surface area contributed by atoms with Crippen molar-refractivity contribution in [3.05, 3.63) is 95.8 Å². The van der Waals surface area contributed by atoms with Crippen molar-refractivity contribution in [2.45, 2.75) is 27.1 Å². The van der Waals surface area contributed by atoms with Crippen molar-refractivity contribution in [2.75, 3.05) is 0 Å². The molecule has 0 unspecified atom stereocenters. The van der Waals surface area contributed by atoms with Crippen molar-refractivity contribution in [2.24, 2.45) is 4.99 Å². The van der Waals surface area contributed by atoms with Gasteiger partial charge in [-0.2, -0.15) is 0 Å². The molecule has 0 radical (unpaired) electrons. The van der Waals surface area contributed by atoms with Crippen LogP contribution in [0.15, 0.2) is 89.6 Å². The predicted octanol–water partition coefficient (Wildman–Crippen LogP) is 7.29. The van der Waals surface area contributed by atoms with Crippen molar-refractivity contribution in [3.8, 4) is 17.2 Å². The van der Waals surface area contributed by atoms with Crippen LogP contribution in [0.2, 0.25) is 0 Å². The summed E-state index contributed by atoms with van der Waals surface area (Å²) in [6.07, 6.45) is -3.32. The lowest BCUT2D eigenvalue weighted by Crippen LogP contribution is -2.17. The van der Waals surface area contributed by atoms with Crippen LogP contribution in [0.1, 0.15) is 18.1 Å². The molecule has 0 spiro atoms. The third-order valence-corrected chi connectivity index (χ3v) is 4.25. The molecule has 0 aliphatic carbocycles.